The Morgan fingerprint density at radius 3 is 2.56 bits per heavy atom. The van der Waals surface area contributed by atoms with E-state index in [1.807, 2.05) is 13.0 Å². The molecule has 1 heterocycles. The lowest BCUT2D eigenvalue weighted by atomic mass is 10.2. The monoisotopic (exact) mass is 406 g/mol. The minimum Gasteiger partial charge on any atom is -0.346 e. The Balaban J connectivity index is 1.84. The molecule has 1 aromatic heterocycles. The zero-order valence-electron chi connectivity index (χ0n) is 15.2. The maximum atomic E-state index is 13.3. The molecular formula is C19H22N2O4S2. The summed E-state index contributed by atoms with van der Waals surface area (Å²) < 4.78 is 26.7. The van der Waals surface area contributed by atoms with Crippen molar-refractivity contribution in [1.82, 2.24) is 10.6 Å². The molecule has 1 aliphatic carbocycles. The van der Waals surface area contributed by atoms with Crippen LogP contribution < -0.4 is 10.6 Å². The molecule has 6 nitrogen and oxygen atoms in total. The molecule has 1 fully saturated rings. The highest BCUT2D eigenvalue weighted by Gasteiger charge is 2.33. The molecule has 0 saturated heterocycles. The molecule has 1 saturated carbocycles. The van der Waals surface area contributed by atoms with Gasteiger partial charge >= 0.3 is 11.8 Å². The third-order valence-corrected chi connectivity index (χ3v) is 7.81. The van der Waals surface area contributed by atoms with Crippen molar-refractivity contribution in [2.45, 2.75) is 42.9 Å². The first-order valence-corrected chi connectivity index (χ1v) is 11.1. The molecule has 1 aromatic carbocycles. The number of benzene rings is 1. The third kappa shape index (κ3) is 4.56. The van der Waals surface area contributed by atoms with E-state index in [-0.39, 0.29) is 17.5 Å². The first kappa shape index (κ1) is 19.6. The highest BCUT2D eigenvalue weighted by molar-refractivity contribution is 7.92. The molecular weight excluding hydrogens is 384 g/mol. The average molecular weight is 407 g/mol. The number of amides is 2. The Labute approximate surface area is 162 Å². The van der Waals surface area contributed by atoms with Crippen molar-refractivity contribution < 1.29 is 18.0 Å². The Kier molecular flexibility index (Phi) is 5.67. The fourth-order valence-corrected chi connectivity index (χ4v) is 5.86. The molecule has 2 N–H and O–H groups in total. The quantitative estimate of drug-likeness (QED) is 0.720. The van der Waals surface area contributed by atoms with E-state index in [0.29, 0.717) is 10.4 Å². The molecule has 0 bridgehead atoms. The van der Waals surface area contributed by atoms with Crippen molar-refractivity contribution >= 4 is 33.0 Å². The fourth-order valence-electron chi connectivity index (χ4n) is 2.75. The second-order valence-electron chi connectivity index (χ2n) is 6.78. The molecule has 8 heteroatoms. The van der Waals surface area contributed by atoms with Gasteiger partial charge < -0.3 is 10.6 Å². The topological polar surface area (TPSA) is 92.3 Å². The minimum absolute atomic E-state index is 0.0648. The Bertz CT molecular complexity index is 948. The summed E-state index contributed by atoms with van der Waals surface area (Å²) in [5, 5.41) is 5.94. The molecule has 2 aromatic rings. The van der Waals surface area contributed by atoms with Gasteiger partial charge in [0, 0.05) is 17.5 Å². The SMILES string of the molecule is Cc1ccc(C)c(S(=O)(=O)[C@H](CNC(=O)C(=O)NC2CC2)c2cccs2)c1. The van der Waals surface area contributed by atoms with Crippen LogP contribution in [-0.4, -0.2) is 32.8 Å². The van der Waals surface area contributed by atoms with Gasteiger partial charge in [0.25, 0.3) is 0 Å². The predicted molar refractivity (Wildman–Crippen MR) is 104 cm³/mol. The average Bonchev–Trinajstić information content (AvgIpc) is 3.27. The molecule has 1 atom stereocenters. The van der Waals surface area contributed by atoms with Crippen LogP contribution in [0.15, 0.2) is 40.6 Å². The number of nitrogens with one attached hydrogen (secondary N) is 2. The normalized spacial score (nSPS) is 15.2. The van der Waals surface area contributed by atoms with Crippen LogP contribution >= 0.6 is 11.3 Å². The largest absolute Gasteiger partial charge is 0.346 e. The number of carbonyl (C=O) groups excluding carboxylic acids is 2. The van der Waals surface area contributed by atoms with Crippen molar-refractivity contribution in [3.05, 3.63) is 51.7 Å². The summed E-state index contributed by atoms with van der Waals surface area (Å²) in [7, 11) is -3.75. The highest BCUT2D eigenvalue weighted by Crippen LogP contribution is 2.33. The molecule has 0 aliphatic heterocycles. The van der Waals surface area contributed by atoms with Gasteiger partial charge in [-0.2, -0.15) is 0 Å². The Morgan fingerprint density at radius 1 is 1.19 bits per heavy atom. The van der Waals surface area contributed by atoms with Crippen LogP contribution in [-0.2, 0) is 19.4 Å². The number of rotatable bonds is 6. The molecule has 3 rings (SSSR count). The molecule has 144 valence electrons. The van der Waals surface area contributed by atoms with E-state index in [9.17, 15) is 18.0 Å². The maximum absolute atomic E-state index is 13.3. The fraction of sp³-hybridized carbons (Fsp3) is 0.368. The van der Waals surface area contributed by atoms with Gasteiger partial charge in [-0.1, -0.05) is 18.2 Å². The lowest BCUT2D eigenvalue weighted by Crippen LogP contribution is -2.43. The summed E-state index contributed by atoms with van der Waals surface area (Å²) in [6, 6.07) is 8.85. The number of sulfone groups is 1. The van der Waals surface area contributed by atoms with Gasteiger partial charge in [0.1, 0.15) is 5.25 Å². The predicted octanol–water partition coefficient (Wildman–Crippen LogP) is 2.27. The Hall–Kier alpha value is -2.19. The summed E-state index contributed by atoms with van der Waals surface area (Å²) >= 11 is 1.31. The molecule has 0 radical (unpaired) electrons. The molecule has 1 aliphatic rings. The van der Waals surface area contributed by atoms with Crippen LogP contribution in [0.2, 0.25) is 0 Å². The van der Waals surface area contributed by atoms with Gasteiger partial charge in [-0.3, -0.25) is 9.59 Å². The van der Waals surface area contributed by atoms with Crippen molar-refractivity contribution in [3.63, 3.8) is 0 Å². The van der Waals surface area contributed by atoms with E-state index in [1.54, 1.807) is 36.6 Å². The number of hydrogen-bond donors (Lipinski definition) is 2. The summed E-state index contributed by atoms with van der Waals surface area (Å²) in [6.07, 6.45) is 1.75. The zero-order valence-corrected chi connectivity index (χ0v) is 16.8. The van der Waals surface area contributed by atoms with Crippen molar-refractivity contribution in [2.24, 2.45) is 0 Å². The lowest BCUT2D eigenvalue weighted by Gasteiger charge is -2.19. The first-order valence-electron chi connectivity index (χ1n) is 8.72. The van der Waals surface area contributed by atoms with Gasteiger partial charge in [-0.15, -0.1) is 11.3 Å². The molecule has 2 amide bonds. The molecule has 27 heavy (non-hydrogen) atoms. The van der Waals surface area contributed by atoms with Crippen LogP contribution in [0.25, 0.3) is 0 Å². The summed E-state index contributed by atoms with van der Waals surface area (Å²) in [5.41, 5.74) is 1.50. The lowest BCUT2D eigenvalue weighted by molar-refractivity contribution is -0.139. The van der Waals surface area contributed by atoms with E-state index in [2.05, 4.69) is 10.6 Å². The van der Waals surface area contributed by atoms with E-state index in [1.165, 1.54) is 11.3 Å². The standard InChI is InChI=1S/C19H22N2O4S2/c1-12-5-6-13(2)16(10-12)27(24,25)17(15-4-3-9-26-15)11-20-18(22)19(23)21-14-7-8-14/h3-6,9-10,14,17H,7-8,11H2,1-2H3,(H,20,22)(H,21,23)/t17-/m1/s1. The van der Waals surface area contributed by atoms with Gasteiger partial charge in [-0.25, -0.2) is 8.42 Å². The van der Waals surface area contributed by atoms with Crippen LogP contribution in [0.4, 0.5) is 0 Å². The van der Waals surface area contributed by atoms with Crippen LogP contribution in [0.3, 0.4) is 0 Å². The Morgan fingerprint density at radius 2 is 1.93 bits per heavy atom. The number of carbonyl (C=O) groups is 2. The van der Waals surface area contributed by atoms with Gasteiger partial charge in [0.05, 0.1) is 4.90 Å². The summed E-state index contributed by atoms with van der Waals surface area (Å²) in [4.78, 5) is 24.8. The summed E-state index contributed by atoms with van der Waals surface area (Å²) in [5.74, 6) is -1.52. The third-order valence-electron chi connectivity index (χ3n) is 4.45. The smallest absolute Gasteiger partial charge is 0.309 e. The molecule has 0 unspecified atom stereocenters. The van der Waals surface area contributed by atoms with Crippen LogP contribution in [0.5, 0.6) is 0 Å². The second kappa shape index (κ2) is 7.82. The van der Waals surface area contributed by atoms with Crippen molar-refractivity contribution in [1.29, 1.82) is 0 Å². The van der Waals surface area contributed by atoms with Crippen molar-refractivity contribution in [3.8, 4) is 0 Å². The van der Waals surface area contributed by atoms with Gasteiger partial charge in [0.15, 0.2) is 9.84 Å². The zero-order chi connectivity index (χ0) is 19.6. The van der Waals surface area contributed by atoms with Gasteiger partial charge in [0.2, 0.25) is 0 Å². The van der Waals surface area contributed by atoms with Crippen LogP contribution in [0.1, 0.15) is 34.1 Å². The maximum Gasteiger partial charge on any atom is 0.309 e. The molecule has 0 spiro atoms. The van der Waals surface area contributed by atoms with E-state index >= 15 is 0 Å². The van der Waals surface area contributed by atoms with Crippen LogP contribution in [0, 0.1) is 13.8 Å². The van der Waals surface area contributed by atoms with Gasteiger partial charge in [-0.05, 0) is 55.3 Å². The second-order valence-corrected chi connectivity index (χ2v) is 9.85. The van der Waals surface area contributed by atoms with E-state index in [0.717, 1.165) is 18.4 Å². The highest BCUT2D eigenvalue weighted by atomic mass is 32.2. The number of aryl methyl sites for hydroxylation is 2. The van der Waals surface area contributed by atoms with E-state index < -0.39 is 26.9 Å². The number of hydrogen-bond acceptors (Lipinski definition) is 5. The minimum atomic E-state index is -3.75. The summed E-state index contributed by atoms with van der Waals surface area (Å²) in [6.45, 7) is 3.43. The number of thiophene rings is 1. The first-order chi connectivity index (χ1) is 12.8. The van der Waals surface area contributed by atoms with E-state index in [4.69, 9.17) is 0 Å². The van der Waals surface area contributed by atoms with Crippen molar-refractivity contribution in [2.75, 3.05) is 6.54 Å².